The van der Waals surface area contributed by atoms with Crippen molar-refractivity contribution in [3.8, 4) is 0 Å². The van der Waals surface area contributed by atoms with Crippen molar-refractivity contribution in [1.29, 1.82) is 0 Å². The molecule has 0 aliphatic rings. The lowest BCUT2D eigenvalue weighted by Crippen LogP contribution is -2.07. The molecule has 7 heteroatoms. The number of rotatable bonds is 4. The van der Waals surface area contributed by atoms with Crippen LogP contribution in [0.3, 0.4) is 0 Å². The third kappa shape index (κ3) is 3.25. The minimum atomic E-state index is -0.514. The number of nitrogens with zero attached hydrogens (tertiary/aromatic N) is 3. The molecule has 0 unspecified atom stereocenters. The smallest absolute Gasteiger partial charge is 0.332 e. The van der Waals surface area contributed by atoms with Gasteiger partial charge < -0.3 is 11.1 Å². The summed E-state index contributed by atoms with van der Waals surface area (Å²) in [6.07, 6.45) is 0. The maximum absolute atomic E-state index is 11.1. The molecule has 3 N–H and O–H groups in total. The zero-order valence-electron chi connectivity index (χ0n) is 12.1. The first-order chi connectivity index (χ1) is 9.88. The van der Waals surface area contributed by atoms with Gasteiger partial charge in [0.15, 0.2) is 0 Å². The van der Waals surface area contributed by atoms with E-state index in [0.29, 0.717) is 11.6 Å². The molecule has 1 aromatic heterocycles. The van der Waals surface area contributed by atoms with Crippen LogP contribution >= 0.6 is 0 Å². The number of nitrogens with one attached hydrogen (secondary N) is 1. The number of hydrogen-bond acceptors (Lipinski definition) is 6. The van der Waals surface area contributed by atoms with Crippen molar-refractivity contribution >= 4 is 23.1 Å². The molecule has 1 heterocycles. The number of nitrogens with two attached hydrogens (primary N) is 1. The molecule has 0 saturated carbocycles. The fourth-order valence-electron chi connectivity index (χ4n) is 1.98. The van der Waals surface area contributed by atoms with Gasteiger partial charge in [-0.15, -0.1) is 0 Å². The SMILES string of the molecule is Cc1nc(N)nc(Nc2ccc(C(C)C)cc2)c1[N+](=O)[O-]. The van der Waals surface area contributed by atoms with Gasteiger partial charge in [-0.05, 0) is 30.5 Å². The van der Waals surface area contributed by atoms with E-state index in [1.165, 1.54) is 12.5 Å². The second kappa shape index (κ2) is 5.74. The number of anilines is 3. The third-order valence-corrected chi connectivity index (χ3v) is 3.10. The van der Waals surface area contributed by atoms with E-state index in [1.807, 2.05) is 24.3 Å². The quantitative estimate of drug-likeness (QED) is 0.660. The monoisotopic (exact) mass is 287 g/mol. The van der Waals surface area contributed by atoms with Crippen LogP contribution in [0, 0.1) is 17.0 Å². The van der Waals surface area contributed by atoms with Crippen LogP contribution in [-0.4, -0.2) is 14.9 Å². The molecule has 0 radical (unpaired) electrons. The summed E-state index contributed by atoms with van der Waals surface area (Å²) in [6.45, 7) is 5.73. The summed E-state index contributed by atoms with van der Waals surface area (Å²) in [5, 5.41) is 14.1. The van der Waals surface area contributed by atoms with Crippen LogP contribution in [0.4, 0.5) is 23.1 Å². The zero-order valence-corrected chi connectivity index (χ0v) is 12.1. The molecular formula is C14H17N5O2. The van der Waals surface area contributed by atoms with Gasteiger partial charge in [0.2, 0.25) is 11.8 Å². The summed E-state index contributed by atoms with van der Waals surface area (Å²) in [5.41, 5.74) is 7.52. The highest BCUT2D eigenvalue weighted by atomic mass is 16.6. The van der Waals surface area contributed by atoms with Crippen molar-refractivity contribution < 1.29 is 4.92 Å². The molecule has 1 aromatic carbocycles. The van der Waals surface area contributed by atoms with Crippen LogP contribution in [-0.2, 0) is 0 Å². The topological polar surface area (TPSA) is 107 Å². The van der Waals surface area contributed by atoms with Crippen LogP contribution in [0.25, 0.3) is 0 Å². The molecule has 0 aliphatic heterocycles. The molecule has 7 nitrogen and oxygen atoms in total. The van der Waals surface area contributed by atoms with E-state index in [1.54, 1.807) is 0 Å². The van der Waals surface area contributed by atoms with E-state index in [0.717, 1.165) is 0 Å². The molecule has 0 spiro atoms. The average Bonchev–Trinajstić information content (AvgIpc) is 2.37. The summed E-state index contributed by atoms with van der Waals surface area (Å²) in [4.78, 5) is 18.4. The van der Waals surface area contributed by atoms with E-state index in [9.17, 15) is 10.1 Å². The average molecular weight is 287 g/mol. The highest BCUT2D eigenvalue weighted by molar-refractivity contribution is 5.68. The van der Waals surface area contributed by atoms with E-state index < -0.39 is 4.92 Å². The Morgan fingerprint density at radius 3 is 2.38 bits per heavy atom. The second-order valence-corrected chi connectivity index (χ2v) is 5.02. The van der Waals surface area contributed by atoms with Crippen LogP contribution < -0.4 is 11.1 Å². The normalized spacial score (nSPS) is 10.7. The molecule has 0 bridgehead atoms. The molecule has 0 atom stereocenters. The number of nitrogen functional groups attached to an aromatic ring is 1. The maximum Gasteiger partial charge on any atom is 0.332 e. The maximum atomic E-state index is 11.1. The number of aromatic nitrogens is 2. The van der Waals surface area contributed by atoms with Crippen molar-refractivity contribution in [1.82, 2.24) is 9.97 Å². The van der Waals surface area contributed by atoms with Crippen molar-refractivity contribution in [2.24, 2.45) is 0 Å². The minimum Gasteiger partial charge on any atom is -0.368 e. The molecule has 0 fully saturated rings. The summed E-state index contributed by atoms with van der Waals surface area (Å²) >= 11 is 0. The van der Waals surface area contributed by atoms with Gasteiger partial charge in [0.25, 0.3) is 0 Å². The summed E-state index contributed by atoms with van der Waals surface area (Å²) in [7, 11) is 0. The fraction of sp³-hybridized carbons (Fsp3) is 0.286. The molecule has 0 aliphatic carbocycles. The molecule has 2 rings (SSSR count). The van der Waals surface area contributed by atoms with Gasteiger partial charge in [0.05, 0.1) is 4.92 Å². The molecule has 21 heavy (non-hydrogen) atoms. The standard InChI is InChI=1S/C14H17N5O2/c1-8(2)10-4-6-11(7-5-10)17-13-12(19(20)21)9(3)16-14(15)18-13/h4-8H,1-3H3,(H3,15,16,17,18). The zero-order chi connectivity index (χ0) is 15.6. The van der Waals surface area contributed by atoms with E-state index in [2.05, 4.69) is 29.1 Å². The first-order valence-electron chi connectivity index (χ1n) is 6.54. The summed E-state index contributed by atoms with van der Waals surface area (Å²) in [6, 6.07) is 7.64. The molecule has 2 aromatic rings. The van der Waals surface area contributed by atoms with Crippen molar-refractivity contribution in [2.75, 3.05) is 11.1 Å². The van der Waals surface area contributed by atoms with E-state index in [4.69, 9.17) is 5.73 Å². The number of benzene rings is 1. The molecule has 0 saturated heterocycles. The van der Waals surface area contributed by atoms with Gasteiger partial charge in [-0.3, -0.25) is 10.1 Å². The lowest BCUT2D eigenvalue weighted by molar-refractivity contribution is -0.385. The van der Waals surface area contributed by atoms with E-state index >= 15 is 0 Å². The van der Waals surface area contributed by atoms with Crippen LogP contribution in [0.2, 0.25) is 0 Å². The Morgan fingerprint density at radius 2 is 1.86 bits per heavy atom. The first-order valence-corrected chi connectivity index (χ1v) is 6.54. The van der Waals surface area contributed by atoms with Crippen molar-refractivity contribution in [3.63, 3.8) is 0 Å². The summed E-state index contributed by atoms with van der Waals surface area (Å²) in [5.74, 6) is 0.520. The Morgan fingerprint density at radius 1 is 1.24 bits per heavy atom. The first kappa shape index (κ1) is 14.7. The van der Waals surface area contributed by atoms with Gasteiger partial charge in [-0.25, -0.2) is 4.98 Å². The largest absolute Gasteiger partial charge is 0.368 e. The predicted molar refractivity (Wildman–Crippen MR) is 81.6 cm³/mol. The van der Waals surface area contributed by atoms with Crippen molar-refractivity contribution in [3.05, 3.63) is 45.6 Å². The predicted octanol–water partition coefficient (Wildman–Crippen LogP) is 3.14. The Balaban J connectivity index is 2.37. The van der Waals surface area contributed by atoms with Crippen LogP contribution in [0.5, 0.6) is 0 Å². The third-order valence-electron chi connectivity index (χ3n) is 3.10. The Hall–Kier alpha value is -2.70. The van der Waals surface area contributed by atoms with Crippen molar-refractivity contribution in [2.45, 2.75) is 26.7 Å². The van der Waals surface area contributed by atoms with E-state index in [-0.39, 0.29) is 23.1 Å². The lowest BCUT2D eigenvalue weighted by Gasteiger charge is -2.10. The Labute approximate surface area is 122 Å². The van der Waals surface area contributed by atoms with Gasteiger partial charge in [-0.1, -0.05) is 26.0 Å². The number of nitro groups is 1. The Kier molecular flexibility index (Phi) is 4.02. The number of aryl methyl sites for hydroxylation is 1. The second-order valence-electron chi connectivity index (χ2n) is 5.02. The highest BCUT2D eigenvalue weighted by Gasteiger charge is 2.21. The van der Waals surface area contributed by atoms with Gasteiger partial charge >= 0.3 is 5.69 Å². The van der Waals surface area contributed by atoms with Gasteiger partial charge in [-0.2, -0.15) is 4.98 Å². The molecule has 110 valence electrons. The Bertz CT molecular complexity index is 668. The number of hydrogen-bond donors (Lipinski definition) is 2. The van der Waals surface area contributed by atoms with Crippen LogP contribution in [0.1, 0.15) is 31.0 Å². The highest BCUT2D eigenvalue weighted by Crippen LogP contribution is 2.29. The lowest BCUT2D eigenvalue weighted by atomic mass is 10.0. The van der Waals surface area contributed by atoms with Crippen LogP contribution in [0.15, 0.2) is 24.3 Å². The minimum absolute atomic E-state index is 0.000555. The van der Waals surface area contributed by atoms with Gasteiger partial charge in [0, 0.05) is 5.69 Å². The molecular weight excluding hydrogens is 270 g/mol. The molecule has 0 amide bonds. The van der Waals surface area contributed by atoms with Gasteiger partial charge in [0.1, 0.15) is 5.69 Å². The summed E-state index contributed by atoms with van der Waals surface area (Å²) < 4.78 is 0. The fourth-order valence-corrected chi connectivity index (χ4v) is 1.98.